The van der Waals surface area contributed by atoms with Gasteiger partial charge >= 0.3 is 0 Å². The Kier molecular flexibility index (Phi) is 5.69. The van der Waals surface area contributed by atoms with Gasteiger partial charge in [-0.2, -0.15) is 5.10 Å². The lowest BCUT2D eigenvalue weighted by Crippen LogP contribution is -2.17. The van der Waals surface area contributed by atoms with Crippen LogP contribution in [0.25, 0.3) is 0 Å². The van der Waals surface area contributed by atoms with Gasteiger partial charge in [-0.1, -0.05) is 42.5 Å². The average Bonchev–Trinajstić information content (AvgIpc) is 2.67. The fourth-order valence-electron chi connectivity index (χ4n) is 2.36. The number of amides is 1. The summed E-state index contributed by atoms with van der Waals surface area (Å²) in [7, 11) is 0. The summed E-state index contributed by atoms with van der Waals surface area (Å²) in [6.07, 6.45) is 1.48. The molecule has 1 amide bonds. The Morgan fingerprint density at radius 2 is 1.81 bits per heavy atom. The van der Waals surface area contributed by atoms with Crippen LogP contribution in [0, 0.1) is 0 Å². The summed E-state index contributed by atoms with van der Waals surface area (Å²) < 4.78 is 5.75. The highest BCUT2D eigenvalue weighted by Crippen LogP contribution is 2.22. The molecule has 0 aliphatic carbocycles. The van der Waals surface area contributed by atoms with Gasteiger partial charge in [-0.15, -0.1) is 0 Å². The minimum atomic E-state index is -0.583. The Morgan fingerprint density at radius 3 is 2.59 bits per heavy atom. The highest BCUT2D eigenvalue weighted by atomic mass is 16.5. The number of aromatic hydroxyl groups is 2. The van der Waals surface area contributed by atoms with E-state index in [4.69, 9.17) is 4.74 Å². The van der Waals surface area contributed by atoms with Gasteiger partial charge in [-0.3, -0.25) is 4.79 Å². The second-order valence-corrected chi connectivity index (χ2v) is 5.75. The van der Waals surface area contributed by atoms with Gasteiger partial charge in [0.2, 0.25) is 0 Å². The number of rotatable bonds is 6. The highest BCUT2D eigenvalue weighted by molar-refractivity contribution is 5.97. The van der Waals surface area contributed by atoms with Crippen LogP contribution in [0.4, 0.5) is 0 Å². The van der Waals surface area contributed by atoms with Gasteiger partial charge in [0.15, 0.2) is 0 Å². The molecule has 0 unspecified atom stereocenters. The third-order valence-electron chi connectivity index (χ3n) is 3.71. The second kappa shape index (κ2) is 8.53. The number of ether oxygens (including phenoxy) is 1. The van der Waals surface area contributed by atoms with E-state index in [2.05, 4.69) is 10.5 Å². The molecule has 3 N–H and O–H groups in total. The van der Waals surface area contributed by atoms with Crippen LogP contribution in [0.15, 0.2) is 77.9 Å². The summed E-state index contributed by atoms with van der Waals surface area (Å²) in [6.45, 7) is 0.457. The molecule has 0 aliphatic heterocycles. The second-order valence-electron chi connectivity index (χ2n) is 5.75. The molecule has 27 heavy (non-hydrogen) atoms. The fraction of sp³-hybridized carbons (Fsp3) is 0.0476. The quantitative estimate of drug-likeness (QED) is 0.463. The lowest BCUT2D eigenvalue weighted by Gasteiger charge is -2.07. The van der Waals surface area contributed by atoms with Crippen molar-refractivity contribution in [1.29, 1.82) is 0 Å². The zero-order chi connectivity index (χ0) is 19.1. The summed E-state index contributed by atoms with van der Waals surface area (Å²) in [6, 6.07) is 20.8. The molecule has 0 aromatic heterocycles. The first-order chi connectivity index (χ1) is 13.1. The lowest BCUT2D eigenvalue weighted by molar-refractivity contribution is 0.0952. The van der Waals surface area contributed by atoms with E-state index in [1.807, 2.05) is 48.5 Å². The number of nitrogens with zero attached hydrogens (tertiary/aromatic N) is 1. The van der Waals surface area contributed by atoms with Crippen molar-refractivity contribution in [1.82, 2.24) is 5.43 Å². The van der Waals surface area contributed by atoms with Crippen LogP contribution in [0.5, 0.6) is 17.2 Å². The number of benzene rings is 3. The van der Waals surface area contributed by atoms with Gasteiger partial charge in [0.1, 0.15) is 23.9 Å². The number of nitrogens with one attached hydrogen (secondary N) is 1. The number of hydrazone groups is 1. The van der Waals surface area contributed by atoms with Gasteiger partial charge in [0.05, 0.1) is 11.8 Å². The molecule has 6 heteroatoms. The molecule has 0 radical (unpaired) electrons. The fourth-order valence-corrected chi connectivity index (χ4v) is 2.36. The van der Waals surface area contributed by atoms with E-state index in [1.165, 1.54) is 18.3 Å². The maximum atomic E-state index is 12.0. The van der Waals surface area contributed by atoms with Crippen molar-refractivity contribution in [2.75, 3.05) is 0 Å². The molecule has 0 spiro atoms. The molecular weight excluding hydrogens is 344 g/mol. The third kappa shape index (κ3) is 5.09. The van der Waals surface area contributed by atoms with Crippen LogP contribution in [0.2, 0.25) is 0 Å². The van der Waals surface area contributed by atoms with Gasteiger partial charge in [-0.05, 0) is 35.4 Å². The number of phenols is 2. The van der Waals surface area contributed by atoms with E-state index in [0.717, 1.165) is 17.2 Å². The van der Waals surface area contributed by atoms with E-state index in [-0.39, 0.29) is 17.1 Å². The van der Waals surface area contributed by atoms with Gasteiger partial charge in [-0.25, -0.2) is 5.43 Å². The predicted molar refractivity (Wildman–Crippen MR) is 102 cm³/mol. The SMILES string of the molecule is O=C(N/N=C\c1cccc(OCc2ccccc2)c1)c1ccc(O)cc1O. The van der Waals surface area contributed by atoms with E-state index in [1.54, 1.807) is 6.07 Å². The zero-order valence-electron chi connectivity index (χ0n) is 14.4. The Balaban J connectivity index is 1.59. The number of hydrogen-bond donors (Lipinski definition) is 3. The van der Waals surface area contributed by atoms with Crippen LogP contribution in [-0.2, 0) is 6.61 Å². The Hall–Kier alpha value is -3.80. The molecule has 0 saturated carbocycles. The minimum Gasteiger partial charge on any atom is -0.508 e. The number of hydrogen-bond acceptors (Lipinski definition) is 5. The summed E-state index contributed by atoms with van der Waals surface area (Å²) in [5.74, 6) is -0.343. The molecule has 3 rings (SSSR count). The molecule has 136 valence electrons. The molecule has 3 aromatic carbocycles. The minimum absolute atomic E-state index is 0.0184. The summed E-state index contributed by atoms with van der Waals surface area (Å²) in [5, 5.41) is 22.8. The van der Waals surface area contributed by atoms with Gasteiger partial charge < -0.3 is 14.9 Å². The van der Waals surface area contributed by atoms with E-state index in [0.29, 0.717) is 12.4 Å². The lowest BCUT2D eigenvalue weighted by atomic mass is 10.2. The van der Waals surface area contributed by atoms with Crippen LogP contribution < -0.4 is 10.2 Å². The molecule has 0 aliphatic rings. The maximum absolute atomic E-state index is 12.0. The Bertz CT molecular complexity index is 955. The molecule has 0 heterocycles. The molecule has 6 nitrogen and oxygen atoms in total. The molecule has 0 saturated heterocycles. The highest BCUT2D eigenvalue weighted by Gasteiger charge is 2.10. The topological polar surface area (TPSA) is 91.2 Å². The summed E-state index contributed by atoms with van der Waals surface area (Å²) >= 11 is 0. The monoisotopic (exact) mass is 362 g/mol. The van der Waals surface area contributed by atoms with Crippen molar-refractivity contribution in [3.8, 4) is 17.2 Å². The van der Waals surface area contributed by atoms with Crippen LogP contribution in [0.1, 0.15) is 21.5 Å². The Labute approximate surface area is 156 Å². The van der Waals surface area contributed by atoms with Gasteiger partial charge in [0, 0.05) is 6.07 Å². The van der Waals surface area contributed by atoms with Crippen LogP contribution >= 0.6 is 0 Å². The van der Waals surface area contributed by atoms with Crippen molar-refractivity contribution in [2.45, 2.75) is 6.61 Å². The van der Waals surface area contributed by atoms with Crippen molar-refractivity contribution in [2.24, 2.45) is 5.10 Å². The van der Waals surface area contributed by atoms with E-state index in [9.17, 15) is 15.0 Å². The van der Waals surface area contributed by atoms with Crippen molar-refractivity contribution >= 4 is 12.1 Å². The number of phenolic OH excluding ortho intramolecular Hbond substituents is 2. The standard InChI is InChI=1S/C21H18N2O4/c24-17-9-10-19(20(25)12-17)21(26)23-22-13-16-7-4-8-18(11-16)27-14-15-5-2-1-3-6-15/h1-13,24-25H,14H2,(H,23,26)/b22-13-. The third-order valence-corrected chi connectivity index (χ3v) is 3.71. The predicted octanol–water partition coefficient (Wildman–Crippen LogP) is 3.44. The summed E-state index contributed by atoms with van der Waals surface area (Å²) in [5.41, 5.74) is 4.16. The van der Waals surface area contributed by atoms with Crippen LogP contribution in [-0.4, -0.2) is 22.3 Å². The first-order valence-corrected chi connectivity index (χ1v) is 8.24. The average molecular weight is 362 g/mol. The Morgan fingerprint density at radius 1 is 1.00 bits per heavy atom. The van der Waals surface area contributed by atoms with Crippen molar-refractivity contribution in [3.63, 3.8) is 0 Å². The molecule has 0 atom stereocenters. The molecule has 0 bridgehead atoms. The van der Waals surface area contributed by atoms with Crippen molar-refractivity contribution < 1.29 is 19.7 Å². The summed E-state index contributed by atoms with van der Waals surface area (Å²) in [4.78, 5) is 12.0. The number of carbonyl (C=O) groups is 1. The normalized spacial score (nSPS) is 10.7. The van der Waals surface area contributed by atoms with Gasteiger partial charge in [0.25, 0.3) is 5.91 Å². The number of carbonyl (C=O) groups excluding carboxylic acids is 1. The first kappa shape index (κ1) is 18.0. The largest absolute Gasteiger partial charge is 0.508 e. The smallest absolute Gasteiger partial charge is 0.275 e. The van der Waals surface area contributed by atoms with E-state index < -0.39 is 5.91 Å². The molecular formula is C21H18N2O4. The maximum Gasteiger partial charge on any atom is 0.275 e. The molecule has 3 aromatic rings. The van der Waals surface area contributed by atoms with E-state index >= 15 is 0 Å². The first-order valence-electron chi connectivity index (χ1n) is 8.24. The van der Waals surface area contributed by atoms with Crippen molar-refractivity contribution in [3.05, 3.63) is 89.5 Å². The zero-order valence-corrected chi connectivity index (χ0v) is 14.4. The van der Waals surface area contributed by atoms with Crippen LogP contribution in [0.3, 0.4) is 0 Å². The molecule has 0 fully saturated rings.